The molecule has 2 atom stereocenters. The Labute approximate surface area is 168 Å². The first-order valence-corrected chi connectivity index (χ1v) is 9.02. The smallest absolute Gasteiger partial charge is 0.356 e. The number of nitrogens with one attached hydrogen (secondary N) is 2. The molecular formula is C16H26F3IN4S. The van der Waals surface area contributed by atoms with E-state index in [9.17, 15) is 13.2 Å². The normalized spacial score (nSPS) is 20.2. The third kappa shape index (κ3) is 8.59. The molecule has 0 bridgehead atoms. The van der Waals surface area contributed by atoms with Crippen LogP contribution in [0.2, 0.25) is 0 Å². The fraction of sp³-hybridized carbons (Fsp3) is 0.688. The number of nitrogens with zero attached hydrogens (tertiary/aromatic N) is 2. The van der Waals surface area contributed by atoms with E-state index < -0.39 is 12.7 Å². The Morgan fingerprint density at radius 2 is 2.24 bits per heavy atom. The molecule has 2 N–H and O–H groups in total. The lowest BCUT2D eigenvalue weighted by Gasteiger charge is -2.20. The molecule has 2 heterocycles. The van der Waals surface area contributed by atoms with Crippen LogP contribution in [0.25, 0.3) is 0 Å². The van der Waals surface area contributed by atoms with Crippen LogP contribution in [0.4, 0.5) is 13.2 Å². The van der Waals surface area contributed by atoms with Gasteiger partial charge in [0.05, 0.1) is 6.54 Å². The fourth-order valence-corrected chi connectivity index (χ4v) is 3.72. The van der Waals surface area contributed by atoms with E-state index in [1.807, 2.05) is 6.07 Å². The second-order valence-electron chi connectivity index (χ2n) is 6.32. The second kappa shape index (κ2) is 10.6. The van der Waals surface area contributed by atoms with Crippen molar-refractivity contribution in [1.82, 2.24) is 15.5 Å². The van der Waals surface area contributed by atoms with Crippen LogP contribution in [0, 0.1) is 5.92 Å². The van der Waals surface area contributed by atoms with E-state index in [1.165, 1.54) is 9.78 Å². The van der Waals surface area contributed by atoms with E-state index in [-0.39, 0.29) is 30.0 Å². The highest BCUT2D eigenvalue weighted by molar-refractivity contribution is 14.0. The minimum absolute atomic E-state index is 0. The molecule has 0 amide bonds. The van der Waals surface area contributed by atoms with E-state index in [4.69, 9.17) is 0 Å². The van der Waals surface area contributed by atoms with Crippen molar-refractivity contribution in [3.8, 4) is 0 Å². The second-order valence-corrected chi connectivity index (χ2v) is 7.35. The minimum Gasteiger partial charge on any atom is -0.356 e. The van der Waals surface area contributed by atoms with Gasteiger partial charge in [-0.05, 0) is 30.2 Å². The molecule has 2 unspecified atom stereocenters. The van der Waals surface area contributed by atoms with E-state index in [0.29, 0.717) is 31.4 Å². The Kier molecular flexibility index (Phi) is 9.50. The topological polar surface area (TPSA) is 39.7 Å². The van der Waals surface area contributed by atoms with Crippen LogP contribution in [-0.4, -0.2) is 56.3 Å². The highest BCUT2D eigenvalue weighted by Crippen LogP contribution is 2.20. The molecule has 1 aliphatic heterocycles. The zero-order valence-electron chi connectivity index (χ0n) is 14.5. The molecular weight excluding hydrogens is 464 g/mol. The molecule has 0 saturated carbocycles. The van der Waals surface area contributed by atoms with E-state index in [0.717, 1.165) is 13.0 Å². The van der Waals surface area contributed by atoms with E-state index in [1.54, 1.807) is 18.4 Å². The summed E-state index contributed by atoms with van der Waals surface area (Å²) in [5.74, 6) is 1.11. The van der Waals surface area contributed by atoms with E-state index >= 15 is 0 Å². The maximum atomic E-state index is 12.4. The number of hydrogen-bond donors (Lipinski definition) is 2. The van der Waals surface area contributed by atoms with Gasteiger partial charge >= 0.3 is 6.18 Å². The molecule has 1 aromatic rings. The van der Waals surface area contributed by atoms with Crippen molar-refractivity contribution in [1.29, 1.82) is 0 Å². The van der Waals surface area contributed by atoms with Crippen molar-refractivity contribution in [3.63, 3.8) is 0 Å². The van der Waals surface area contributed by atoms with Crippen molar-refractivity contribution in [2.24, 2.45) is 10.9 Å². The SMILES string of the molecule is CN=C(NCC(C)Cc1cccs1)NC1CCN(CC(F)(F)F)C1.I. The summed E-state index contributed by atoms with van der Waals surface area (Å²) in [5, 5.41) is 8.57. The van der Waals surface area contributed by atoms with Gasteiger partial charge in [0.1, 0.15) is 0 Å². The largest absolute Gasteiger partial charge is 0.401 e. The zero-order chi connectivity index (χ0) is 17.6. The van der Waals surface area contributed by atoms with Crippen LogP contribution in [0.3, 0.4) is 0 Å². The van der Waals surface area contributed by atoms with Gasteiger partial charge in [0, 0.05) is 37.6 Å². The molecule has 25 heavy (non-hydrogen) atoms. The molecule has 0 spiro atoms. The lowest BCUT2D eigenvalue weighted by molar-refractivity contribution is -0.143. The number of alkyl halides is 3. The van der Waals surface area contributed by atoms with Gasteiger partial charge in [-0.3, -0.25) is 9.89 Å². The highest BCUT2D eigenvalue weighted by Gasteiger charge is 2.34. The molecule has 1 saturated heterocycles. The summed E-state index contributed by atoms with van der Waals surface area (Å²) in [5.41, 5.74) is 0. The van der Waals surface area contributed by atoms with E-state index in [2.05, 4.69) is 34.0 Å². The van der Waals surface area contributed by atoms with Gasteiger partial charge in [0.2, 0.25) is 0 Å². The molecule has 0 aromatic carbocycles. The molecule has 0 aliphatic carbocycles. The maximum Gasteiger partial charge on any atom is 0.401 e. The number of aliphatic imine (C=N–C) groups is 1. The molecule has 144 valence electrons. The summed E-state index contributed by atoms with van der Waals surface area (Å²) in [7, 11) is 1.68. The van der Waals surface area contributed by atoms with Crippen LogP contribution < -0.4 is 10.6 Å². The molecule has 2 rings (SSSR count). The monoisotopic (exact) mass is 490 g/mol. The number of halogens is 4. The first-order valence-electron chi connectivity index (χ1n) is 8.14. The Morgan fingerprint density at radius 1 is 1.48 bits per heavy atom. The molecule has 4 nitrogen and oxygen atoms in total. The first kappa shape index (κ1) is 22.5. The van der Waals surface area contributed by atoms with Crippen molar-refractivity contribution >= 4 is 41.3 Å². The van der Waals surface area contributed by atoms with Gasteiger partial charge in [-0.15, -0.1) is 35.3 Å². The van der Waals surface area contributed by atoms with Crippen molar-refractivity contribution in [2.75, 3.05) is 33.2 Å². The predicted molar refractivity (Wildman–Crippen MR) is 108 cm³/mol. The number of guanidine groups is 1. The van der Waals surface area contributed by atoms with Gasteiger partial charge in [0.25, 0.3) is 0 Å². The molecule has 0 radical (unpaired) electrons. The van der Waals surface area contributed by atoms with Crippen LogP contribution >= 0.6 is 35.3 Å². The van der Waals surface area contributed by atoms with Gasteiger partial charge in [-0.25, -0.2) is 0 Å². The third-order valence-corrected chi connectivity index (χ3v) is 4.89. The molecule has 1 fully saturated rings. The number of likely N-dealkylation sites (tertiary alicyclic amines) is 1. The highest BCUT2D eigenvalue weighted by atomic mass is 127. The average Bonchev–Trinajstić information content (AvgIpc) is 3.13. The molecule has 1 aliphatic rings. The van der Waals surface area contributed by atoms with Crippen LogP contribution in [0.1, 0.15) is 18.2 Å². The number of hydrogen-bond acceptors (Lipinski definition) is 3. The summed E-state index contributed by atoms with van der Waals surface area (Å²) in [6.45, 7) is 2.96. The Balaban J connectivity index is 0.00000312. The molecule has 9 heteroatoms. The van der Waals surface area contributed by atoms with Gasteiger partial charge in [-0.1, -0.05) is 13.0 Å². The maximum absolute atomic E-state index is 12.4. The fourth-order valence-electron chi connectivity index (χ4n) is 2.85. The Bertz CT molecular complexity index is 522. The Morgan fingerprint density at radius 3 is 2.84 bits per heavy atom. The van der Waals surface area contributed by atoms with Crippen LogP contribution in [0.5, 0.6) is 0 Å². The van der Waals surface area contributed by atoms with Crippen LogP contribution in [-0.2, 0) is 6.42 Å². The number of thiophene rings is 1. The first-order chi connectivity index (χ1) is 11.4. The lowest BCUT2D eigenvalue weighted by Crippen LogP contribution is -2.46. The Hall–Kier alpha value is -0.550. The van der Waals surface area contributed by atoms with Gasteiger partial charge in [-0.2, -0.15) is 13.2 Å². The summed E-state index contributed by atoms with van der Waals surface area (Å²) < 4.78 is 37.3. The van der Waals surface area contributed by atoms with Crippen molar-refractivity contribution < 1.29 is 13.2 Å². The third-order valence-electron chi connectivity index (χ3n) is 3.99. The lowest BCUT2D eigenvalue weighted by atomic mass is 10.1. The molecule has 1 aromatic heterocycles. The summed E-state index contributed by atoms with van der Waals surface area (Å²) >= 11 is 1.75. The quantitative estimate of drug-likeness (QED) is 0.365. The van der Waals surface area contributed by atoms with Crippen molar-refractivity contribution in [2.45, 2.75) is 32.0 Å². The van der Waals surface area contributed by atoms with Gasteiger partial charge < -0.3 is 10.6 Å². The van der Waals surface area contributed by atoms with Crippen molar-refractivity contribution in [3.05, 3.63) is 22.4 Å². The predicted octanol–water partition coefficient (Wildman–Crippen LogP) is 3.35. The van der Waals surface area contributed by atoms with Gasteiger partial charge in [0.15, 0.2) is 5.96 Å². The summed E-state index contributed by atoms with van der Waals surface area (Å²) in [6, 6.07) is 4.18. The average molecular weight is 490 g/mol. The van der Waals surface area contributed by atoms with Crippen LogP contribution in [0.15, 0.2) is 22.5 Å². The summed E-state index contributed by atoms with van der Waals surface area (Å²) in [4.78, 5) is 6.96. The summed E-state index contributed by atoms with van der Waals surface area (Å²) in [6.07, 6.45) is -2.43. The minimum atomic E-state index is -4.13. The zero-order valence-corrected chi connectivity index (χ0v) is 17.6. The number of rotatable bonds is 6. The standard InChI is InChI=1S/C16H25F3N4S.HI/c1-12(8-14-4-3-7-24-14)9-21-15(20-2)22-13-5-6-23(10-13)11-16(17,18)19;/h3-4,7,12-13H,5-6,8-11H2,1-2H3,(H2,20,21,22);1H.